The van der Waals surface area contributed by atoms with E-state index in [9.17, 15) is 9.18 Å². The summed E-state index contributed by atoms with van der Waals surface area (Å²) in [6.45, 7) is 1.40. The van der Waals surface area contributed by atoms with E-state index >= 15 is 0 Å². The highest BCUT2D eigenvalue weighted by atomic mass is 79.9. The van der Waals surface area contributed by atoms with Gasteiger partial charge in [-0.15, -0.1) is 0 Å². The van der Waals surface area contributed by atoms with E-state index in [-0.39, 0.29) is 11.5 Å². The lowest BCUT2D eigenvalue weighted by molar-refractivity contribution is 0.101. The highest BCUT2D eigenvalue weighted by molar-refractivity contribution is 9.10. The number of hydrogen-bond donors (Lipinski definition) is 0. The molecule has 0 spiro atoms. The summed E-state index contributed by atoms with van der Waals surface area (Å²) in [4.78, 5) is 11.4. The van der Waals surface area contributed by atoms with E-state index in [1.165, 1.54) is 29.9 Å². The van der Waals surface area contributed by atoms with E-state index in [1.807, 2.05) is 0 Å². The molecule has 0 radical (unpaired) electrons. The van der Waals surface area contributed by atoms with Crippen LogP contribution in [-0.4, -0.2) is 15.6 Å². The first-order valence-electron chi connectivity index (χ1n) is 4.59. The van der Waals surface area contributed by atoms with E-state index in [2.05, 4.69) is 21.0 Å². The Labute approximate surface area is 100 Å². The maximum atomic E-state index is 13.7. The Morgan fingerprint density at radius 2 is 2.25 bits per heavy atom. The van der Waals surface area contributed by atoms with E-state index in [1.54, 1.807) is 12.3 Å². The molecule has 3 nitrogen and oxygen atoms in total. The molecule has 0 aliphatic heterocycles. The predicted molar refractivity (Wildman–Crippen MR) is 61.2 cm³/mol. The van der Waals surface area contributed by atoms with Crippen LogP contribution in [0.15, 0.2) is 35.1 Å². The number of ketones is 1. The summed E-state index contributed by atoms with van der Waals surface area (Å²) in [5, 5.41) is 3.97. The minimum absolute atomic E-state index is 0.181. The van der Waals surface area contributed by atoms with Gasteiger partial charge in [0.05, 0.1) is 10.7 Å². The van der Waals surface area contributed by atoms with Crippen molar-refractivity contribution in [3.05, 3.63) is 46.4 Å². The molecule has 0 saturated heterocycles. The van der Waals surface area contributed by atoms with Crippen LogP contribution in [0, 0.1) is 5.82 Å². The second kappa shape index (κ2) is 4.17. The Morgan fingerprint density at radius 1 is 1.50 bits per heavy atom. The van der Waals surface area contributed by atoms with Gasteiger partial charge >= 0.3 is 0 Å². The monoisotopic (exact) mass is 282 g/mol. The summed E-state index contributed by atoms with van der Waals surface area (Å²) in [6, 6.07) is 4.39. The van der Waals surface area contributed by atoms with Crippen molar-refractivity contribution in [1.29, 1.82) is 0 Å². The molecule has 0 N–H and O–H groups in total. The Bertz CT molecular complexity index is 551. The van der Waals surface area contributed by atoms with E-state index in [4.69, 9.17) is 0 Å². The third-order valence-electron chi connectivity index (χ3n) is 2.15. The smallest absolute Gasteiger partial charge is 0.162 e. The van der Waals surface area contributed by atoms with Crippen molar-refractivity contribution in [2.75, 3.05) is 0 Å². The molecule has 2 aromatic rings. The van der Waals surface area contributed by atoms with Crippen molar-refractivity contribution in [3.8, 4) is 5.69 Å². The number of rotatable bonds is 2. The van der Waals surface area contributed by atoms with Gasteiger partial charge in [0, 0.05) is 11.8 Å². The van der Waals surface area contributed by atoms with Gasteiger partial charge in [0.25, 0.3) is 0 Å². The van der Waals surface area contributed by atoms with Crippen LogP contribution in [0.5, 0.6) is 0 Å². The second-order valence-corrected chi connectivity index (χ2v) is 4.21. The Hall–Kier alpha value is -1.49. The van der Waals surface area contributed by atoms with Crippen LogP contribution in [0.25, 0.3) is 5.69 Å². The van der Waals surface area contributed by atoms with Gasteiger partial charge in [-0.05, 0) is 35.0 Å². The van der Waals surface area contributed by atoms with Crippen molar-refractivity contribution in [3.63, 3.8) is 0 Å². The minimum atomic E-state index is -0.469. The average molecular weight is 283 g/mol. The number of benzene rings is 1. The minimum Gasteiger partial charge on any atom is -0.294 e. The number of nitrogens with zero attached hydrogens (tertiary/aromatic N) is 2. The first-order chi connectivity index (χ1) is 7.59. The Balaban J connectivity index is 2.67. The lowest BCUT2D eigenvalue weighted by Gasteiger charge is -2.07. The molecule has 1 heterocycles. The summed E-state index contributed by atoms with van der Waals surface area (Å²) in [5.74, 6) is -0.663. The fraction of sp³-hybridized carbons (Fsp3) is 0.0909. The van der Waals surface area contributed by atoms with Gasteiger partial charge in [0.1, 0.15) is 11.5 Å². The first-order valence-corrected chi connectivity index (χ1v) is 5.39. The number of hydrogen-bond acceptors (Lipinski definition) is 2. The van der Waals surface area contributed by atoms with Gasteiger partial charge in [-0.1, -0.05) is 6.07 Å². The second-order valence-electron chi connectivity index (χ2n) is 3.30. The molecule has 0 aliphatic carbocycles. The molecular formula is C11H8BrFN2O. The third kappa shape index (κ3) is 1.90. The maximum absolute atomic E-state index is 13.7. The van der Waals surface area contributed by atoms with Gasteiger partial charge in [-0.2, -0.15) is 5.10 Å². The lowest BCUT2D eigenvalue weighted by atomic mass is 10.1. The van der Waals surface area contributed by atoms with Gasteiger partial charge in [0.15, 0.2) is 5.78 Å². The number of halogens is 2. The highest BCUT2D eigenvalue weighted by Crippen LogP contribution is 2.20. The summed E-state index contributed by atoms with van der Waals surface area (Å²) < 4.78 is 15.7. The molecule has 0 atom stereocenters. The van der Waals surface area contributed by atoms with Gasteiger partial charge in [-0.25, -0.2) is 9.07 Å². The van der Waals surface area contributed by atoms with Crippen LogP contribution in [0.1, 0.15) is 17.3 Å². The SMILES string of the molecule is CC(=O)c1cccc(F)c1-n1cc(Br)cn1. The van der Waals surface area contributed by atoms with Gasteiger partial charge in [-0.3, -0.25) is 4.79 Å². The molecule has 1 aromatic carbocycles. The van der Waals surface area contributed by atoms with E-state index in [0.29, 0.717) is 5.56 Å². The van der Waals surface area contributed by atoms with Crippen LogP contribution >= 0.6 is 15.9 Å². The molecular weight excluding hydrogens is 275 g/mol. The normalized spacial score (nSPS) is 10.4. The fourth-order valence-corrected chi connectivity index (χ4v) is 1.74. The number of aromatic nitrogens is 2. The summed E-state index contributed by atoms with van der Waals surface area (Å²) >= 11 is 3.22. The van der Waals surface area contributed by atoms with E-state index < -0.39 is 5.82 Å². The number of para-hydroxylation sites is 1. The number of Topliss-reactive ketones (excluding diaryl/α,β-unsaturated/α-hetero) is 1. The summed E-state index contributed by atoms with van der Waals surface area (Å²) in [5.41, 5.74) is 0.497. The zero-order chi connectivity index (χ0) is 11.7. The van der Waals surface area contributed by atoms with Gasteiger partial charge in [0.2, 0.25) is 0 Å². The van der Waals surface area contributed by atoms with Crippen LogP contribution in [0.4, 0.5) is 4.39 Å². The van der Waals surface area contributed by atoms with Crippen molar-refractivity contribution in [2.45, 2.75) is 6.92 Å². The van der Waals surface area contributed by atoms with Crippen LogP contribution in [-0.2, 0) is 0 Å². The van der Waals surface area contributed by atoms with Crippen molar-refractivity contribution >= 4 is 21.7 Å². The maximum Gasteiger partial charge on any atom is 0.162 e. The molecule has 0 unspecified atom stereocenters. The Morgan fingerprint density at radius 3 is 2.81 bits per heavy atom. The molecule has 82 valence electrons. The predicted octanol–water partition coefficient (Wildman–Crippen LogP) is 2.98. The molecule has 0 bridgehead atoms. The first kappa shape index (κ1) is 11.0. The lowest BCUT2D eigenvalue weighted by Crippen LogP contribution is -2.06. The zero-order valence-electron chi connectivity index (χ0n) is 8.45. The molecule has 0 amide bonds. The largest absolute Gasteiger partial charge is 0.294 e. The quantitative estimate of drug-likeness (QED) is 0.794. The average Bonchev–Trinajstić information content (AvgIpc) is 2.64. The molecule has 0 fully saturated rings. The standard InChI is InChI=1S/C11H8BrFN2O/c1-7(16)9-3-2-4-10(13)11(9)15-6-8(12)5-14-15/h2-6H,1H3. The van der Waals surface area contributed by atoms with Crippen molar-refractivity contribution < 1.29 is 9.18 Å². The molecule has 1 aromatic heterocycles. The number of carbonyl (C=O) groups excluding carboxylic acids is 1. The van der Waals surface area contributed by atoms with Crippen LogP contribution in [0.2, 0.25) is 0 Å². The third-order valence-corrected chi connectivity index (χ3v) is 2.56. The molecule has 16 heavy (non-hydrogen) atoms. The number of carbonyl (C=O) groups is 1. The molecule has 5 heteroatoms. The van der Waals surface area contributed by atoms with Crippen LogP contribution in [0.3, 0.4) is 0 Å². The molecule has 0 aliphatic rings. The van der Waals surface area contributed by atoms with Crippen LogP contribution < -0.4 is 0 Å². The zero-order valence-corrected chi connectivity index (χ0v) is 10.0. The summed E-state index contributed by atoms with van der Waals surface area (Å²) in [6.07, 6.45) is 3.14. The van der Waals surface area contributed by atoms with Gasteiger partial charge < -0.3 is 0 Å². The fourth-order valence-electron chi connectivity index (χ4n) is 1.46. The highest BCUT2D eigenvalue weighted by Gasteiger charge is 2.14. The molecule has 0 saturated carbocycles. The Kier molecular flexibility index (Phi) is 2.87. The topological polar surface area (TPSA) is 34.9 Å². The van der Waals surface area contributed by atoms with E-state index in [0.717, 1.165) is 4.47 Å². The summed E-state index contributed by atoms with van der Waals surface area (Å²) in [7, 11) is 0. The molecule has 2 rings (SSSR count). The van der Waals surface area contributed by atoms with Crippen molar-refractivity contribution in [1.82, 2.24) is 9.78 Å². The van der Waals surface area contributed by atoms with Crippen molar-refractivity contribution in [2.24, 2.45) is 0 Å².